The Morgan fingerprint density at radius 2 is 1.67 bits per heavy atom. The summed E-state index contributed by atoms with van der Waals surface area (Å²) in [5, 5.41) is 0. The van der Waals surface area contributed by atoms with Gasteiger partial charge in [0.05, 0.1) is 35.3 Å². The standard InChI is InChI=1S/C28H19F8N5O2/c1-3-43-26(42)23(41-12-19-25(37-13-41)39-24(38-19)16-5-4-6-18(29)22(16)30)21-10-9-20(40(21)2)15-8-7-14(27(31,32)33)11-17(15)28(34,35)36/h4-13,23H,3H2,1-2H3. The number of imidazole rings is 1. The van der Waals surface area contributed by atoms with Gasteiger partial charge in [-0.15, -0.1) is 0 Å². The lowest BCUT2D eigenvalue weighted by atomic mass is 10.0. The Hall–Kier alpha value is -4.82. The number of hydrogen-bond acceptors (Lipinski definition) is 5. The molecule has 1 unspecified atom stereocenters. The molecule has 0 saturated heterocycles. The number of benzene rings is 2. The molecule has 2 aliphatic rings. The normalized spacial score (nSPS) is 13.0. The monoisotopic (exact) mass is 609 g/mol. The van der Waals surface area contributed by atoms with Crippen LogP contribution in [0, 0.1) is 11.6 Å². The van der Waals surface area contributed by atoms with Crippen molar-refractivity contribution >= 4 is 5.97 Å². The van der Waals surface area contributed by atoms with E-state index in [0.29, 0.717) is 6.07 Å². The second-order valence-corrected chi connectivity index (χ2v) is 9.29. The van der Waals surface area contributed by atoms with Gasteiger partial charge in [0.15, 0.2) is 29.3 Å². The Morgan fingerprint density at radius 3 is 2.35 bits per heavy atom. The molecule has 224 valence electrons. The molecule has 0 radical (unpaired) electrons. The second-order valence-electron chi connectivity index (χ2n) is 9.29. The van der Waals surface area contributed by atoms with E-state index in [2.05, 4.69) is 15.0 Å². The van der Waals surface area contributed by atoms with Gasteiger partial charge >= 0.3 is 18.3 Å². The molecule has 0 amide bonds. The van der Waals surface area contributed by atoms with Gasteiger partial charge in [-0.2, -0.15) is 26.3 Å². The number of carbonyl (C=O) groups excluding carboxylic acids is 1. The summed E-state index contributed by atoms with van der Waals surface area (Å²) in [5.74, 6) is -3.26. The highest BCUT2D eigenvalue weighted by Crippen LogP contribution is 2.42. The highest BCUT2D eigenvalue weighted by atomic mass is 19.4. The summed E-state index contributed by atoms with van der Waals surface area (Å²) in [6, 6.07) is 5.98. The maximum absolute atomic E-state index is 14.3. The van der Waals surface area contributed by atoms with Gasteiger partial charge in [0.1, 0.15) is 5.69 Å². The molecule has 1 aromatic heterocycles. The largest absolute Gasteiger partial charge is 0.464 e. The van der Waals surface area contributed by atoms with Crippen LogP contribution in [0.15, 0.2) is 61.1 Å². The van der Waals surface area contributed by atoms with Crippen LogP contribution in [0.25, 0.3) is 34.2 Å². The van der Waals surface area contributed by atoms with Crippen molar-refractivity contribution in [1.29, 1.82) is 0 Å². The Balaban J connectivity index is 1.62. The van der Waals surface area contributed by atoms with Crippen molar-refractivity contribution in [1.82, 2.24) is 24.1 Å². The van der Waals surface area contributed by atoms with E-state index >= 15 is 0 Å². The third kappa shape index (κ3) is 5.53. The molecule has 0 aliphatic carbocycles. The number of esters is 1. The molecule has 2 aliphatic heterocycles. The van der Waals surface area contributed by atoms with Crippen LogP contribution < -0.4 is 0 Å². The van der Waals surface area contributed by atoms with Crippen molar-refractivity contribution in [3.8, 4) is 34.2 Å². The van der Waals surface area contributed by atoms with E-state index in [9.17, 15) is 39.9 Å². The van der Waals surface area contributed by atoms with Crippen LogP contribution >= 0.6 is 0 Å². The summed E-state index contributed by atoms with van der Waals surface area (Å²) in [4.78, 5) is 25.6. The Morgan fingerprint density at radius 1 is 0.930 bits per heavy atom. The number of hydrogen-bond donors (Lipinski definition) is 0. The zero-order valence-corrected chi connectivity index (χ0v) is 22.1. The molecule has 0 saturated carbocycles. The SMILES string of the molecule is CCOC(=O)C(c1ccc(-c2ccc(C(F)(F)F)cc2C(F)(F)F)n1C)n1cnc2nc(-c3cccc(F)c3F)nc-2c1. The molecular weight excluding hydrogens is 590 g/mol. The van der Waals surface area contributed by atoms with Gasteiger partial charge in [-0.25, -0.2) is 28.5 Å². The zero-order chi connectivity index (χ0) is 31.3. The highest BCUT2D eigenvalue weighted by molar-refractivity contribution is 5.79. The first-order chi connectivity index (χ1) is 20.2. The maximum atomic E-state index is 14.3. The van der Waals surface area contributed by atoms with Crippen molar-refractivity contribution in [3.63, 3.8) is 0 Å². The summed E-state index contributed by atoms with van der Waals surface area (Å²) in [7, 11) is 1.34. The minimum absolute atomic E-state index is 0.0321. The van der Waals surface area contributed by atoms with Crippen LogP contribution in [0.2, 0.25) is 0 Å². The van der Waals surface area contributed by atoms with Gasteiger partial charge in [0.2, 0.25) is 0 Å². The summed E-state index contributed by atoms with van der Waals surface area (Å²) in [6.45, 7) is 1.48. The molecule has 7 nitrogen and oxygen atoms in total. The van der Waals surface area contributed by atoms with Crippen molar-refractivity contribution < 1.29 is 44.7 Å². The predicted octanol–water partition coefficient (Wildman–Crippen LogP) is 6.92. The van der Waals surface area contributed by atoms with Crippen molar-refractivity contribution in [3.05, 3.63) is 89.5 Å². The summed E-state index contributed by atoms with van der Waals surface area (Å²) >= 11 is 0. The molecule has 3 heterocycles. The van der Waals surface area contributed by atoms with E-state index in [1.807, 2.05) is 0 Å². The fraction of sp³-hybridized carbons (Fsp3) is 0.214. The van der Waals surface area contributed by atoms with Gasteiger partial charge in [0, 0.05) is 24.5 Å². The van der Waals surface area contributed by atoms with Crippen LogP contribution in [0.1, 0.15) is 29.8 Å². The lowest BCUT2D eigenvalue weighted by Crippen LogP contribution is -2.26. The minimum Gasteiger partial charge on any atom is -0.464 e. The molecule has 0 spiro atoms. The maximum Gasteiger partial charge on any atom is 0.417 e. The Kier molecular flexibility index (Phi) is 7.44. The van der Waals surface area contributed by atoms with E-state index in [1.165, 1.54) is 59.9 Å². The molecule has 0 bridgehead atoms. The van der Waals surface area contributed by atoms with Crippen molar-refractivity contribution in [2.45, 2.75) is 25.3 Å². The van der Waals surface area contributed by atoms with Crippen molar-refractivity contribution in [2.24, 2.45) is 7.05 Å². The third-order valence-corrected chi connectivity index (χ3v) is 6.62. The molecule has 5 rings (SSSR count). The smallest absolute Gasteiger partial charge is 0.417 e. The summed E-state index contributed by atoms with van der Waals surface area (Å²) in [5.41, 5.74) is -3.70. The van der Waals surface area contributed by atoms with Crippen molar-refractivity contribution in [2.75, 3.05) is 6.61 Å². The minimum atomic E-state index is -5.12. The topological polar surface area (TPSA) is 74.8 Å². The van der Waals surface area contributed by atoms with E-state index < -0.39 is 52.7 Å². The number of halogens is 8. The molecule has 0 N–H and O–H groups in total. The molecule has 15 heteroatoms. The second kappa shape index (κ2) is 10.8. The molecule has 3 aromatic rings. The number of rotatable bonds is 6. The zero-order valence-electron chi connectivity index (χ0n) is 22.1. The first kappa shape index (κ1) is 29.7. The lowest BCUT2D eigenvalue weighted by molar-refractivity contribution is -0.146. The highest BCUT2D eigenvalue weighted by Gasteiger charge is 2.39. The first-order valence-electron chi connectivity index (χ1n) is 12.5. The fourth-order valence-electron chi connectivity index (χ4n) is 4.63. The van der Waals surface area contributed by atoms with Crippen LogP contribution in [0.3, 0.4) is 0 Å². The molecule has 2 aromatic carbocycles. The third-order valence-electron chi connectivity index (χ3n) is 6.62. The number of ether oxygens (including phenoxy) is 1. The number of carbonyl (C=O) groups is 1. The van der Waals surface area contributed by atoms with E-state index in [-0.39, 0.29) is 47.0 Å². The first-order valence-corrected chi connectivity index (χ1v) is 12.5. The van der Waals surface area contributed by atoms with E-state index in [1.54, 1.807) is 0 Å². The Bertz CT molecular complexity index is 1790. The van der Waals surface area contributed by atoms with Crippen LogP contribution in [0.4, 0.5) is 35.1 Å². The predicted molar refractivity (Wildman–Crippen MR) is 135 cm³/mol. The van der Waals surface area contributed by atoms with Gasteiger partial charge in [-0.1, -0.05) is 12.1 Å². The Labute approximate surface area is 237 Å². The number of fused-ring (bicyclic) bond motifs is 1. The van der Waals surface area contributed by atoms with Gasteiger partial charge < -0.3 is 13.9 Å². The molecular formula is C28H19F8N5O2. The summed E-state index contributed by atoms with van der Waals surface area (Å²) in [6.07, 6.45) is -7.63. The van der Waals surface area contributed by atoms with Crippen LogP contribution in [-0.2, 0) is 28.9 Å². The van der Waals surface area contributed by atoms with Gasteiger partial charge in [-0.3, -0.25) is 0 Å². The van der Waals surface area contributed by atoms with Gasteiger partial charge in [0.25, 0.3) is 0 Å². The van der Waals surface area contributed by atoms with E-state index in [4.69, 9.17) is 4.74 Å². The quantitative estimate of drug-likeness (QED) is 0.154. The van der Waals surface area contributed by atoms with E-state index in [0.717, 1.165) is 12.1 Å². The molecule has 1 atom stereocenters. The summed E-state index contributed by atoms with van der Waals surface area (Å²) < 4.78 is 117. The molecule has 43 heavy (non-hydrogen) atoms. The average molecular weight is 609 g/mol. The van der Waals surface area contributed by atoms with Crippen LogP contribution in [0.5, 0.6) is 0 Å². The fourth-order valence-corrected chi connectivity index (χ4v) is 4.63. The number of nitrogens with zero attached hydrogens (tertiary/aromatic N) is 5. The number of aromatic nitrogens is 5. The average Bonchev–Trinajstić information content (AvgIpc) is 3.52. The number of alkyl halides is 6. The van der Waals surface area contributed by atoms with Crippen LogP contribution in [-0.4, -0.2) is 36.7 Å². The lowest BCUT2D eigenvalue weighted by Gasteiger charge is -2.21. The van der Waals surface area contributed by atoms with Gasteiger partial charge in [-0.05, 0) is 43.3 Å². The molecule has 0 fully saturated rings.